The van der Waals surface area contributed by atoms with E-state index in [1.165, 1.54) is 6.07 Å². The van der Waals surface area contributed by atoms with Crippen LogP contribution in [0.3, 0.4) is 0 Å². The predicted octanol–water partition coefficient (Wildman–Crippen LogP) is 2.62. The van der Waals surface area contributed by atoms with Crippen molar-refractivity contribution in [1.29, 1.82) is 0 Å². The number of nitrogens with one attached hydrogen (secondary N) is 2. The lowest BCUT2D eigenvalue weighted by Gasteiger charge is -2.09. The zero-order chi connectivity index (χ0) is 12.7. The number of benzene rings is 1. The van der Waals surface area contributed by atoms with Crippen molar-refractivity contribution in [3.8, 4) is 0 Å². The first-order valence-electron chi connectivity index (χ1n) is 5.40. The van der Waals surface area contributed by atoms with Crippen LogP contribution in [0.25, 0.3) is 0 Å². The van der Waals surface area contributed by atoms with Gasteiger partial charge in [-0.2, -0.15) is 0 Å². The molecule has 0 unspecified atom stereocenters. The average molecular weight is 303 g/mol. The zero-order valence-corrected chi connectivity index (χ0v) is 11.2. The van der Waals surface area contributed by atoms with Crippen LogP contribution in [0, 0.1) is 5.82 Å². The normalized spacial score (nSPS) is 11.4. The molecule has 1 rings (SSSR count). The molecular formula is C11H16BrFN4. The molecule has 1 aromatic carbocycles. The number of anilines is 1. The monoisotopic (exact) mass is 302 g/mol. The highest BCUT2D eigenvalue weighted by Crippen LogP contribution is 2.19. The summed E-state index contributed by atoms with van der Waals surface area (Å²) in [5, 5.41) is 2.91. The summed E-state index contributed by atoms with van der Waals surface area (Å²) in [4.78, 5) is 4.21. The van der Waals surface area contributed by atoms with Gasteiger partial charge in [0.25, 0.3) is 0 Å². The van der Waals surface area contributed by atoms with Crippen molar-refractivity contribution in [2.75, 3.05) is 11.9 Å². The van der Waals surface area contributed by atoms with Crippen LogP contribution in [0.15, 0.2) is 27.7 Å². The number of guanidine groups is 1. The number of halogens is 2. The minimum atomic E-state index is -0.333. The molecule has 0 saturated heterocycles. The highest BCUT2D eigenvalue weighted by atomic mass is 79.9. The van der Waals surface area contributed by atoms with Gasteiger partial charge in [0.2, 0.25) is 5.96 Å². The smallest absolute Gasteiger partial charge is 0.210 e. The van der Waals surface area contributed by atoms with E-state index in [1.54, 1.807) is 12.1 Å². The molecule has 0 amide bonds. The van der Waals surface area contributed by atoms with Crippen LogP contribution in [0.5, 0.6) is 0 Å². The van der Waals surface area contributed by atoms with Gasteiger partial charge in [0, 0.05) is 12.2 Å². The Labute approximate surface area is 109 Å². The Kier molecular flexibility index (Phi) is 5.93. The van der Waals surface area contributed by atoms with E-state index in [1.807, 2.05) is 0 Å². The summed E-state index contributed by atoms with van der Waals surface area (Å²) in [6.07, 6.45) is 2.05. The fraction of sp³-hybridized carbons (Fsp3) is 0.364. The Morgan fingerprint density at radius 3 is 2.88 bits per heavy atom. The van der Waals surface area contributed by atoms with Gasteiger partial charge < -0.3 is 5.32 Å². The molecule has 0 fully saturated rings. The highest BCUT2D eigenvalue weighted by molar-refractivity contribution is 9.10. The van der Waals surface area contributed by atoms with Crippen LogP contribution in [-0.2, 0) is 0 Å². The van der Waals surface area contributed by atoms with Crippen molar-refractivity contribution in [1.82, 2.24) is 5.43 Å². The van der Waals surface area contributed by atoms with Gasteiger partial charge in [-0.15, -0.1) is 0 Å². The van der Waals surface area contributed by atoms with Crippen molar-refractivity contribution < 1.29 is 4.39 Å². The first-order valence-corrected chi connectivity index (χ1v) is 6.19. The second-order valence-corrected chi connectivity index (χ2v) is 4.34. The summed E-state index contributed by atoms with van der Waals surface area (Å²) in [5.41, 5.74) is 3.04. The molecule has 0 radical (unpaired) electrons. The third kappa shape index (κ3) is 4.70. The fourth-order valence-electron chi connectivity index (χ4n) is 1.18. The topological polar surface area (TPSA) is 62.4 Å². The van der Waals surface area contributed by atoms with E-state index >= 15 is 0 Å². The van der Waals surface area contributed by atoms with Crippen LogP contribution in [0.1, 0.15) is 19.8 Å². The molecule has 0 aliphatic carbocycles. The van der Waals surface area contributed by atoms with E-state index in [9.17, 15) is 4.39 Å². The van der Waals surface area contributed by atoms with E-state index < -0.39 is 0 Å². The summed E-state index contributed by atoms with van der Waals surface area (Å²) in [7, 11) is 0. The van der Waals surface area contributed by atoms with Crippen molar-refractivity contribution in [3.63, 3.8) is 0 Å². The Bertz CT molecular complexity index is 395. The van der Waals surface area contributed by atoms with Crippen LogP contribution in [0.2, 0.25) is 0 Å². The Morgan fingerprint density at radius 2 is 2.29 bits per heavy atom. The molecular weight excluding hydrogens is 287 g/mol. The second-order valence-electron chi connectivity index (χ2n) is 3.48. The minimum Gasteiger partial charge on any atom is -0.325 e. The quantitative estimate of drug-likeness (QED) is 0.263. The maximum atomic E-state index is 13.3. The zero-order valence-electron chi connectivity index (χ0n) is 9.63. The molecule has 0 atom stereocenters. The van der Waals surface area contributed by atoms with Gasteiger partial charge in [0.1, 0.15) is 5.82 Å². The van der Waals surface area contributed by atoms with Crippen molar-refractivity contribution in [2.45, 2.75) is 19.8 Å². The van der Waals surface area contributed by atoms with E-state index in [2.05, 4.69) is 38.6 Å². The standard InChI is InChI=1S/C11H16BrFN4/c1-2-3-6-15-11(17-14)16-8-4-5-9(12)10(13)7-8/h4-5,7H,2-3,6,14H2,1H3,(H2,15,16,17). The number of hydrazine groups is 1. The maximum absolute atomic E-state index is 13.3. The van der Waals surface area contributed by atoms with Crippen molar-refractivity contribution in [3.05, 3.63) is 28.5 Å². The van der Waals surface area contributed by atoms with Crippen LogP contribution in [0.4, 0.5) is 10.1 Å². The van der Waals surface area contributed by atoms with E-state index in [0.717, 1.165) is 12.8 Å². The van der Waals surface area contributed by atoms with Gasteiger partial charge in [-0.25, -0.2) is 10.2 Å². The lowest BCUT2D eigenvalue weighted by Crippen LogP contribution is -2.36. The molecule has 1 aromatic rings. The number of aliphatic imine (C=N–C) groups is 1. The van der Waals surface area contributed by atoms with Gasteiger partial charge >= 0.3 is 0 Å². The molecule has 17 heavy (non-hydrogen) atoms. The van der Waals surface area contributed by atoms with Gasteiger partial charge in [0.05, 0.1) is 4.47 Å². The molecule has 0 spiro atoms. The van der Waals surface area contributed by atoms with E-state index in [-0.39, 0.29) is 5.82 Å². The number of rotatable bonds is 4. The van der Waals surface area contributed by atoms with Crippen molar-refractivity contribution in [2.24, 2.45) is 10.8 Å². The third-order valence-electron chi connectivity index (χ3n) is 2.10. The molecule has 94 valence electrons. The second kappa shape index (κ2) is 7.24. The average Bonchev–Trinajstić information content (AvgIpc) is 2.32. The summed E-state index contributed by atoms with van der Waals surface area (Å²) >= 11 is 3.09. The number of hydrogen-bond acceptors (Lipinski definition) is 2. The molecule has 4 nitrogen and oxygen atoms in total. The molecule has 6 heteroatoms. The van der Waals surface area contributed by atoms with Gasteiger partial charge in [0.15, 0.2) is 0 Å². The Hall–Kier alpha value is -1.14. The minimum absolute atomic E-state index is 0.333. The maximum Gasteiger partial charge on any atom is 0.210 e. The summed E-state index contributed by atoms with van der Waals surface area (Å²) in [5.74, 6) is 5.42. The predicted molar refractivity (Wildman–Crippen MR) is 72.3 cm³/mol. The SMILES string of the molecule is CCCCN=C(NN)Nc1ccc(Br)c(F)c1. The van der Waals surface area contributed by atoms with Crippen LogP contribution < -0.4 is 16.6 Å². The molecule has 0 aliphatic rings. The Balaban J connectivity index is 2.67. The van der Waals surface area contributed by atoms with E-state index in [0.29, 0.717) is 22.7 Å². The molecule has 0 saturated carbocycles. The lowest BCUT2D eigenvalue weighted by molar-refractivity contribution is 0.622. The van der Waals surface area contributed by atoms with Crippen LogP contribution >= 0.6 is 15.9 Å². The molecule has 0 heterocycles. The molecule has 0 aliphatic heterocycles. The first-order chi connectivity index (χ1) is 8.17. The molecule has 4 N–H and O–H groups in total. The number of nitrogens with two attached hydrogens (primary N) is 1. The Morgan fingerprint density at radius 1 is 1.53 bits per heavy atom. The lowest BCUT2D eigenvalue weighted by atomic mass is 10.3. The van der Waals surface area contributed by atoms with Gasteiger partial charge in [-0.3, -0.25) is 10.4 Å². The summed E-state index contributed by atoms with van der Waals surface area (Å²) in [6, 6.07) is 4.73. The van der Waals surface area contributed by atoms with Gasteiger partial charge in [-0.05, 0) is 40.5 Å². The molecule has 0 aromatic heterocycles. The van der Waals surface area contributed by atoms with Crippen LogP contribution in [-0.4, -0.2) is 12.5 Å². The van der Waals surface area contributed by atoms with Crippen molar-refractivity contribution >= 4 is 27.6 Å². The number of nitrogens with zero attached hydrogens (tertiary/aromatic N) is 1. The molecule has 0 bridgehead atoms. The fourth-order valence-corrected chi connectivity index (χ4v) is 1.43. The highest BCUT2D eigenvalue weighted by Gasteiger charge is 2.02. The first kappa shape index (κ1) is 13.9. The number of unbranched alkanes of at least 4 members (excludes halogenated alkanes) is 1. The number of hydrogen-bond donors (Lipinski definition) is 3. The summed E-state index contributed by atoms with van der Waals surface area (Å²) < 4.78 is 13.7. The largest absolute Gasteiger partial charge is 0.325 e. The summed E-state index contributed by atoms with van der Waals surface area (Å²) in [6.45, 7) is 2.77. The van der Waals surface area contributed by atoms with E-state index in [4.69, 9.17) is 5.84 Å². The third-order valence-corrected chi connectivity index (χ3v) is 2.74. The van der Waals surface area contributed by atoms with Gasteiger partial charge in [-0.1, -0.05) is 13.3 Å².